The molecule has 5 nitrogen and oxygen atoms in total. The maximum Gasteiger partial charge on any atom is 0.222 e. The molecule has 4 N–H and O–H groups in total. The first kappa shape index (κ1) is 15.2. The van der Waals surface area contributed by atoms with E-state index < -0.39 is 0 Å². The van der Waals surface area contributed by atoms with Gasteiger partial charge in [-0.1, -0.05) is 25.7 Å². The lowest BCUT2D eigenvalue weighted by Crippen LogP contribution is -2.33. The van der Waals surface area contributed by atoms with E-state index in [0.717, 1.165) is 31.7 Å². The number of aromatic nitrogens is 2. The van der Waals surface area contributed by atoms with E-state index in [1.54, 1.807) is 0 Å². The van der Waals surface area contributed by atoms with Crippen molar-refractivity contribution in [2.75, 3.05) is 23.7 Å². The van der Waals surface area contributed by atoms with E-state index in [2.05, 4.69) is 9.88 Å². The van der Waals surface area contributed by atoms with Crippen molar-refractivity contribution in [3.63, 3.8) is 0 Å². The molecule has 2 heterocycles. The van der Waals surface area contributed by atoms with Gasteiger partial charge in [-0.3, -0.25) is 0 Å². The van der Waals surface area contributed by atoms with Crippen LogP contribution < -0.4 is 16.4 Å². The van der Waals surface area contributed by atoms with Crippen molar-refractivity contribution >= 4 is 11.8 Å². The number of fused-ring (bicyclic) bond motifs is 2. The van der Waals surface area contributed by atoms with Crippen molar-refractivity contribution in [1.29, 1.82) is 0 Å². The number of nitrogens with zero attached hydrogens (tertiary/aromatic N) is 3. The van der Waals surface area contributed by atoms with Crippen LogP contribution in [0.25, 0.3) is 0 Å². The average molecular weight is 315 g/mol. The summed E-state index contributed by atoms with van der Waals surface area (Å²) in [5, 5.41) is 0. The Morgan fingerprint density at radius 3 is 2.43 bits per heavy atom. The number of hydrogen-bond donors (Lipinski definition) is 2. The Bertz CT molecular complexity index is 579. The number of hydrogen-bond acceptors (Lipinski definition) is 5. The molecule has 2 fully saturated rings. The summed E-state index contributed by atoms with van der Waals surface area (Å²) in [7, 11) is 0. The second-order valence-corrected chi connectivity index (χ2v) is 7.78. The van der Waals surface area contributed by atoms with Crippen molar-refractivity contribution in [3.05, 3.63) is 11.3 Å². The summed E-state index contributed by atoms with van der Waals surface area (Å²) in [4.78, 5) is 11.8. The third kappa shape index (κ3) is 2.69. The molecule has 3 aliphatic rings. The van der Waals surface area contributed by atoms with Crippen molar-refractivity contribution in [2.45, 2.75) is 75.7 Å². The minimum Gasteiger partial charge on any atom is -0.368 e. The highest BCUT2D eigenvalue weighted by Crippen LogP contribution is 2.47. The van der Waals surface area contributed by atoms with E-state index in [1.165, 1.54) is 62.6 Å². The van der Waals surface area contributed by atoms with Crippen molar-refractivity contribution in [3.8, 4) is 0 Å². The van der Waals surface area contributed by atoms with Crippen LogP contribution in [0.15, 0.2) is 0 Å². The number of anilines is 2. The van der Waals surface area contributed by atoms with Crippen LogP contribution in [0.1, 0.15) is 69.0 Å². The summed E-state index contributed by atoms with van der Waals surface area (Å²) >= 11 is 0. The van der Waals surface area contributed by atoms with Crippen molar-refractivity contribution < 1.29 is 0 Å². The van der Waals surface area contributed by atoms with Gasteiger partial charge in [0.15, 0.2) is 0 Å². The van der Waals surface area contributed by atoms with Gasteiger partial charge in [0.2, 0.25) is 5.95 Å². The Hall–Kier alpha value is -1.36. The van der Waals surface area contributed by atoms with Crippen molar-refractivity contribution in [1.82, 2.24) is 9.97 Å². The maximum atomic E-state index is 6.15. The molecule has 0 bridgehead atoms. The fourth-order valence-corrected chi connectivity index (χ4v) is 5.00. The highest BCUT2D eigenvalue weighted by molar-refractivity contribution is 5.55. The zero-order valence-electron chi connectivity index (χ0n) is 14.1. The monoisotopic (exact) mass is 315 g/mol. The Balaban J connectivity index is 1.81. The van der Waals surface area contributed by atoms with Crippen LogP contribution in [0.2, 0.25) is 0 Å². The van der Waals surface area contributed by atoms with Crippen LogP contribution in [0.3, 0.4) is 0 Å². The van der Waals surface area contributed by atoms with E-state index in [0.29, 0.717) is 5.95 Å². The SMILES string of the molecule is Nc1nc(N2CCC(N)C2)c2c(n1)C1(CCCCC1)CCCC2. The third-order valence-corrected chi connectivity index (χ3v) is 6.17. The molecule has 5 heteroatoms. The molecule has 1 unspecified atom stereocenters. The fourth-order valence-electron chi connectivity index (χ4n) is 5.00. The van der Waals surface area contributed by atoms with Crippen LogP contribution in [-0.4, -0.2) is 29.1 Å². The molecule has 1 saturated carbocycles. The number of nitrogen functional groups attached to an aromatic ring is 1. The normalized spacial score (nSPS) is 27.0. The topological polar surface area (TPSA) is 81.1 Å². The Labute approximate surface area is 138 Å². The van der Waals surface area contributed by atoms with Gasteiger partial charge in [-0.05, 0) is 38.5 Å². The fraction of sp³-hybridized carbons (Fsp3) is 0.778. The predicted molar refractivity (Wildman–Crippen MR) is 93.6 cm³/mol. The van der Waals surface area contributed by atoms with Gasteiger partial charge in [-0.15, -0.1) is 0 Å². The predicted octanol–water partition coefficient (Wildman–Crippen LogP) is 2.52. The summed E-state index contributed by atoms with van der Waals surface area (Å²) in [6, 6.07) is 0.260. The first-order valence-corrected chi connectivity index (χ1v) is 9.35. The van der Waals surface area contributed by atoms with Crippen LogP contribution >= 0.6 is 0 Å². The van der Waals surface area contributed by atoms with Crippen LogP contribution in [0.4, 0.5) is 11.8 Å². The molecular weight excluding hydrogens is 286 g/mol. The summed E-state index contributed by atoms with van der Waals surface area (Å²) in [6.45, 7) is 1.90. The number of rotatable bonds is 1. The quantitative estimate of drug-likeness (QED) is 0.832. The summed E-state index contributed by atoms with van der Waals surface area (Å²) < 4.78 is 0. The van der Waals surface area contributed by atoms with Crippen LogP contribution in [-0.2, 0) is 11.8 Å². The highest BCUT2D eigenvalue weighted by atomic mass is 15.2. The first-order valence-electron chi connectivity index (χ1n) is 9.35. The van der Waals surface area contributed by atoms with Gasteiger partial charge in [0, 0.05) is 30.1 Å². The Kier molecular flexibility index (Phi) is 3.92. The molecule has 4 rings (SSSR count). The zero-order valence-corrected chi connectivity index (χ0v) is 14.1. The van der Waals surface area contributed by atoms with Gasteiger partial charge >= 0.3 is 0 Å². The molecule has 0 amide bonds. The van der Waals surface area contributed by atoms with E-state index in [9.17, 15) is 0 Å². The van der Waals surface area contributed by atoms with Gasteiger partial charge in [0.05, 0.1) is 5.69 Å². The molecule has 23 heavy (non-hydrogen) atoms. The summed E-state index contributed by atoms with van der Waals surface area (Å²) in [5.41, 5.74) is 15.2. The molecule has 0 radical (unpaired) electrons. The third-order valence-electron chi connectivity index (χ3n) is 6.17. The largest absolute Gasteiger partial charge is 0.368 e. The van der Waals surface area contributed by atoms with Gasteiger partial charge in [0.1, 0.15) is 5.82 Å². The summed E-state index contributed by atoms with van der Waals surface area (Å²) in [5.74, 6) is 1.54. The average Bonchev–Trinajstić information content (AvgIpc) is 2.92. The minimum absolute atomic E-state index is 0.260. The molecule has 1 aliphatic heterocycles. The van der Waals surface area contributed by atoms with E-state index in [1.807, 2.05) is 0 Å². The van der Waals surface area contributed by atoms with E-state index in [-0.39, 0.29) is 11.5 Å². The molecule has 126 valence electrons. The lowest BCUT2D eigenvalue weighted by atomic mass is 9.68. The standard InChI is InChI=1S/C18H29N5/c19-13-7-11-23(12-13)16-14-6-2-5-10-18(8-3-1-4-9-18)15(14)21-17(20)22-16/h13H,1-12,19H2,(H2,20,21,22). The Morgan fingerprint density at radius 2 is 1.74 bits per heavy atom. The zero-order chi connectivity index (χ0) is 15.9. The first-order chi connectivity index (χ1) is 11.2. The molecule has 1 aromatic rings. The molecule has 1 aromatic heterocycles. The Morgan fingerprint density at radius 1 is 1.00 bits per heavy atom. The molecule has 2 aliphatic carbocycles. The van der Waals surface area contributed by atoms with Crippen LogP contribution in [0.5, 0.6) is 0 Å². The van der Waals surface area contributed by atoms with E-state index >= 15 is 0 Å². The van der Waals surface area contributed by atoms with Gasteiger partial charge in [-0.25, -0.2) is 4.98 Å². The molecular formula is C18H29N5. The lowest BCUT2D eigenvalue weighted by molar-refractivity contribution is 0.265. The van der Waals surface area contributed by atoms with E-state index in [4.69, 9.17) is 16.5 Å². The molecule has 1 atom stereocenters. The second-order valence-electron chi connectivity index (χ2n) is 7.78. The van der Waals surface area contributed by atoms with Crippen LogP contribution in [0, 0.1) is 0 Å². The second kappa shape index (κ2) is 5.93. The van der Waals surface area contributed by atoms with Gasteiger partial charge < -0.3 is 16.4 Å². The molecule has 1 saturated heterocycles. The van der Waals surface area contributed by atoms with Gasteiger partial charge in [-0.2, -0.15) is 4.98 Å². The van der Waals surface area contributed by atoms with Gasteiger partial charge in [0.25, 0.3) is 0 Å². The summed E-state index contributed by atoms with van der Waals surface area (Å²) in [6.07, 6.45) is 12.5. The molecule has 0 aromatic carbocycles. The van der Waals surface area contributed by atoms with Crippen molar-refractivity contribution in [2.24, 2.45) is 5.73 Å². The molecule has 1 spiro atoms. The minimum atomic E-state index is 0.260. The maximum absolute atomic E-state index is 6.15. The lowest BCUT2D eigenvalue weighted by Gasteiger charge is -2.38. The smallest absolute Gasteiger partial charge is 0.222 e. The number of nitrogens with two attached hydrogens (primary N) is 2. The highest BCUT2D eigenvalue weighted by Gasteiger charge is 2.40.